The van der Waals surface area contributed by atoms with E-state index in [4.69, 9.17) is 0 Å². The van der Waals surface area contributed by atoms with E-state index in [0.29, 0.717) is 0 Å². The number of fused-ring (bicyclic) bond motifs is 1. The minimum absolute atomic E-state index is 0.601. The van der Waals surface area contributed by atoms with E-state index in [1.165, 1.54) is 16.5 Å². The Bertz CT molecular complexity index is 1030. The van der Waals surface area contributed by atoms with Crippen molar-refractivity contribution < 1.29 is 5.11 Å². The quantitative estimate of drug-likeness (QED) is 0.435. The van der Waals surface area contributed by atoms with E-state index in [9.17, 15) is 5.11 Å². The van der Waals surface area contributed by atoms with Crippen LogP contribution >= 0.6 is 0 Å². The first-order chi connectivity index (χ1) is 11.3. The lowest BCUT2D eigenvalue weighted by molar-refractivity contribution is 0.143. The minimum atomic E-state index is -0.601. The Morgan fingerprint density at radius 2 is 2.00 bits per heavy atom. The summed E-state index contributed by atoms with van der Waals surface area (Å²) < 4.78 is 0. The number of nitrogens with one attached hydrogen (secondary N) is 3. The average Bonchev–Trinajstić information content (AvgIpc) is 3.13. The van der Waals surface area contributed by atoms with Gasteiger partial charge in [-0.25, -0.2) is 0 Å². The van der Waals surface area contributed by atoms with Gasteiger partial charge in [0.1, 0.15) is 6.23 Å². The second-order valence-corrected chi connectivity index (χ2v) is 6.13. The summed E-state index contributed by atoms with van der Waals surface area (Å²) in [7, 11) is 0. The van der Waals surface area contributed by atoms with Crippen LogP contribution in [0.4, 0.5) is 0 Å². The normalized spacial score (nSPS) is 17.7. The highest BCUT2D eigenvalue weighted by molar-refractivity contribution is 5.95. The molecule has 0 radical (unpaired) electrons. The molecule has 2 aromatic carbocycles. The van der Waals surface area contributed by atoms with Crippen molar-refractivity contribution in [2.75, 3.05) is 6.54 Å². The molecule has 4 N–H and O–H groups in total. The van der Waals surface area contributed by atoms with Crippen LogP contribution < -0.4 is 5.32 Å². The smallest absolute Gasteiger partial charge is 0.131 e. The van der Waals surface area contributed by atoms with E-state index < -0.39 is 6.23 Å². The zero-order chi connectivity index (χ0) is 15.4. The molecule has 1 aliphatic rings. The first-order valence-electron chi connectivity index (χ1n) is 7.94. The highest BCUT2D eigenvalue weighted by atomic mass is 16.3. The SMILES string of the molecule is OC1NCCc2c(-c3ccc4[nH]ccc4c3)[nH]c3cccc1c23. The van der Waals surface area contributed by atoms with Crippen LogP contribution in [0.3, 0.4) is 0 Å². The Kier molecular flexibility index (Phi) is 2.65. The minimum Gasteiger partial charge on any atom is -0.374 e. The average molecular weight is 303 g/mol. The molecule has 1 atom stereocenters. The van der Waals surface area contributed by atoms with Crippen molar-refractivity contribution in [1.29, 1.82) is 0 Å². The predicted octanol–water partition coefficient (Wildman–Crippen LogP) is 3.45. The molecule has 0 amide bonds. The summed E-state index contributed by atoms with van der Waals surface area (Å²) in [6.07, 6.45) is 2.26. The van der Waals surface area contributed by atoms with Gasteiger partial charge in [0, 0.05) is 45.8 Å². The van der Waals surface area contributed by atoms with Gasteiger partial charge in [0.25, 0.3) is 0 Å². The maximum Gasteiger partial charge on any atom is 0.131 e. The molecule has 3 heterocycles. The van der Waals surface area contributed by atoms with E-state index in [1.54, 1.807) is 0 Å². The molecule has 0 aliphatic carbocycles. The molecule has 4 heteroatoms. The van der Waals surface area contributed by atoms with Crippen molar-refractivity contribution >= 4 is 21.8 Å². The number of rotatable bonds is 1. The Labute approximate surface area is 133 Å². The van der Waals surface area contributed by atoms with Crippen molar-refractivity contribution in [3.05, 3.63) is 59.8 Å². The third kappa shape index (κ3) is 1.86. The zero-order valence-corrected chi connectivity index (χ0v) is 12.6. The maximum absolute atomic E-state index is 10.3. The highest BCUT2D eigenvalue weighted by Gasteiger charge is 2.22. The number of aromatic amines is 2. The van der Waals surface area contributed by atoms with Gasteiger partial charge in [-0.2, -0.15) is 0 Å². The summed E-state index contributed by atoms with van der Waals surface area (Å²) in [5.41, 5.74) is 6.82. The molecule has 5 rings (SSSR count). The van der Waals surface area contributed by atoms with E-state index >= 15 is 0 Å². The molecule has 0 saturated heterocycles. The lowest BCUT2D eigenvalue weighted by Gasteiger charge is -2.10. The molecular weight excluding hydrogens is 286 g/mol. The third-order valence-corrected chi connectivity index (χ3v) is 4.81. The number of H-pyrrole nitrogens is 2. The van der Waals surface area contributed by atoms with Gasteiger partial charge in [-0.05, 0) is 41.8 Å². The molecule has 4 aromatic rings. The van der Waals surface area contributed by atoms with Crippen LogP contribution in [0, 0.1) is 0 Å². The molecule has 1 unspecified atom stereocenters. The molecule has 0 saturated carbocycles. The highest BCUT2D eigenvalue weighted by Crippen LogP contribution is 2.36. The van der Waals surface area contributed by atoms with Gasteiger partial charge in [-0.15, -0.1) is 0 Å². The lowest BCUT2D eigenvalue weighted by Crippen LogP contribution is -2.21. The second-order valence-electron chi connectivity index (χ2n) is 6.13. The molecule has 114 valence electrons. The Balaban J connectivity index is 1.81. The van der Waals surface area contributed by atoms with Crippen molar-refractivity contribution in [1.82, 2.24) is 15.3 Å². The number of aliphatic hydroxyl groups is 1. The zero-order valence-electron chi connectivity index (χ0n) is 12.6. The molecule has 0 fully saturated rings. The van der Waals surface area contributed by atoms with Gasteiger partial charge in [0.15, 0.2) is 0 Å². The Morgan fingerprint density at radius 3 is 2.96 bits per heavy atom. The number of aromatic nitrogens is 2. The summed E-state index contributed by atoms with van der Waals surface area (Å²) in [5, 5.41) is 15.9. The third-order valence-electron chi connectivity index (χ3n) is 4.81. The summed E-state index contributed by atoms with van der Waals surface area (Å²) >= 11 is 0. The van der Waals surface area contributed by atoms with E-state index in [1.807, 2.05) is 18.3 Å². The van der Waals surface area contributed by atoms with Gasteiger partial charge in [-0.3, -0.25) is 5.32 Å². The summed E-state index contributed by atoms with van der Waals surface area (Å²) in [6.45, 7) is 0.766. The van der Waals surface area contributed by atoms with Gasteiger partial charge >= 0.3 is 0 Å². The monoisotopic (exact) mass is 303 g/mol. The van der Waals surface area contributed by atoms with Crippen LogP contribution in [0.15, 0.2) is 48.7 Å². The molecule has 2 aromatic heterocycles. The van der Waals surface area contributed by atoms with Gasteiger partial charge in [0.2, 0.25) is 0 Å². The lowest BCUT2D eigenvalue weighted by atomic mass is 9.99. The molecule has 0 bridgehead atoms. The number of hydrogen-bond donors (Lipinski definition) is 4. The van der Waals surface area contributed by atoms with Crippen LogP contribution in [0.1, 0.15) is 17.4 Å². The fraction of sp³-hybridized carbons (Fsp3) is 0.158. The second kappa shape index (κ2) is 4.72. The van der Waals surface area contributed by atoms with E-state index in [0.717, 1.165) is 40.6 Å². The summed E-state index contributed by atoms with van der Waals surface area (Å²) in [6, 6.07) is 14.6. The van der Waals surface area contributed by atoms with E-state index in [2.05, 4.69) is 45.6 Å². The Morgan fingerprint density at radius 1 is 1.04 bits per heavy atom. The van der Waals surface area contributed by atoms with Crippen molar-refractivity contribution in [3.63, 3.8) is 0 Å². The van der Waals surface area contributed by atoms with Gasteiger partial charge in [0.05, 0.1) is 0 Å². The topological polar surface area (TPSA) is 63.8 Å². The Hall–Kier alpha value is -2.56. The van der Waals surface area contributed by atoms with Crippen molar-refractivity contribution in [2.24, 2.45) is 0 Å². The predicted molar refractivity (Wildman–Crippen MR) is 92.3 cm³/mol. The first-order valence-corrected chi connectivity index (χ1v) is 7.94. The fourth-order valence-corrected chi connectivity index (χ4v) is 3.72. The molecule has 23 heavy (non-hydrogen) atoms. The molecule has 0 spiro atoms. The van der Waals surface area contributed by atoms with Crippen molar-refractivity contribution in [2.45, 2.75) is 12.6 Å². The van der Waals surface area contributed by atoms with Crippen LogP contribution in [-0.2, 0) is 6.42 Å². The standard InChI is InChI=1S/C19H17N3O/c23-19-14-2-1-3-16-17(14)13(7-9-21-19)18(22-16)12-4-5-15-11(10-12)6-8-20-15/h1-6,8,10,19-23H,7,9H2. The maximum atomic E-state index is 10.3. The fourth-order valence-electron chi connectivity index (χ4n) is 3.72. The number of hydrogen-bond acceptors (Lipinski definition) is 2. The van der Waals surface area contributed by atoms with Gasteiger partial charge in [-0.1, -0.05) is 18.2 Å². The van der Waals surface area contributed by atoms with Gasteiger partial charge < -0.3 is 15.1 Å². The molecule has 4 nitrogen and oxygen atoms in total. The van der Waals surface area contributed by atoms with Crippen LogP contribution in [0.25, 0.3) is 33.1 Å². The van der Waals surface area contributed by atoms with Crippen LogP contribution in [0.5, 0.6) is 0 Å². The molecule has 1 aliphatic heterocycles. The van der Waals surface area contributed by atoms with Crippen LogP contribution in [-0.4, -0.2) is 21.6 Å². The molecular formula is C19H17N3O. The largest absolute Gasteiger partial charge is 0.374 e. The van der Waals surface area contributed by atoms with E-state index in [-0.39, 0.29) is 0 Å². The number of benzene rings is 2. The number of aliphatic hydroxyl groups excluding tert-OH is 1. The van der Waals surface area contributed by atoms with Crippen molar-refractivity contribution in [3.8, 4) is 11.3 Å². The summed E-state index contributed by atoms with van der Waals surface area (Å²) in [4.78, 5) is 6.80. The van der Waals surface area contributed by atoms with Crippen LogP contribution in [0.2, 0.25) is 0 Å². The first kappa shape index (κ1) is 12.9. The summed E-state index contributed by atoms with van der Waals surface area (Å²) in [5.74, 6) is 0.